The average molecular weight is 367 g/mol. The van der Waals surface area contributed by atoms with Gasteiger partial charge in [-0.15, -0.1) is 0 Å². The zero-order valence-corrected chi connectivity index (χ0v) is 16.0. The number of benzene rings is 1. The topological polar surface area (TPSA) is 91.7 Å². The second kappa shape index (κ2) is 7.02. The third-order valence-corrected chi connectivity index (χ3v) is 5.30. The van der Waals surface area contributed by atoms with E-state index in [4.69, 9.17) is 0 Å². The highest BCUT2D eigenvalue weighted by molar-refractivity contribution is 5.77. The summed E-state index contributed by atoms with van der Waals surface area (Å²) in [5, 5.41) is 10.2. The molecule has 1 saturated heterocycles. The van der Waals surface area contributed by atoms with Crippen LogP contribution in [0, 0.1) is 13.8 Å². The molecule has 1 atom stereocenters. The molecule has 2 N–H and O–H groups in total. The molecule has 8 heteroatoms. The Bertz CT molecular complexity index is 974. The molecule has 1 aliphatic heterocycles. The molecule has 1 fully saturated rings. The van der Waals surface area contributed by atoms with Crippen LogP contribution in [-0.4, -0.2) is 48.8 Å². The lowest BCUT2D eigenvalue weighted by Gasteiger charge is -2.31. The molecule has 1 aliphatic rings. The molecule has 0 spiro atoms. The number of aryl methyl sites for hydroxylation is 3. The van der Waals surface area contributed by atoms with Crippen molar-refractivity contribution < 1.29 is 4.79 Å². The number of imidazole rings is 1. The number of aromatic amines is 1. The van der Waals surface area contributed by atoms with Gasteiger partial charge in [0.2, 0.25) is 0 Å². The van der Waals surface area contributed by atoms with Crippen molar-refractivity contribution in [2.75, 3.05) is 13.1 Å². The molecule has 142 valence electrons. The molecule has 0 bridgehead atoms. The van der Waals surface area contributed by atoms with E-state index in [1.165, 1.54) is 0 Å². The van der Waals surface area contributed by atoms with Gasteiger partial charge in [-0.05, 0) is 44.4 Å². The lowest BCUT2D eigenvalue weighted by Crippen LogP contribution is -2.44. The van der Waals surface area contributed by atoms with Crippen LogP contribution in [-0.2, 0) is 13.6 Å². The second-order valence-electron chi connectivity index (χ2n) is 7.26. The lowest BCUT2D eigenvalue weighted by atomic mass is 9.98. The third kappa shape index (κ3) is 3.51. The number of urea groups is 1. The highest BCUT2D eigenvalue weighted by atomic mass is 16.2. The van der Waals surface area contributed by atoms with Gasteiger partial charge in [-0.2, -0.15) is 5.10 Å². The van der Waals surface area contributed by atoms with Crippen LogP contribution in [0.15, 0.2) is 18.2 Å². The van der Waals surface area contributed by atoms with Gasteiger partial charge in [-0.25, -0.2) is 14.8 Å². The van der Waals surface area contributed by atoms with Gasteiger partial charge in [-0.1, -0.05) is 6.07 Å². The fraction of sp³-hybridized carbons (Fsp3) is 0.474. The molecule has 2 amide bonds. The van der Waals surface area contributed by atoms with Crippen LogP contribution in [0.3, 0.4) is 0 Å². The summed E-state index contributed by atoms with van der Waals surface area (Å²) in [4.78, 5) is 23.5. The number of amides is 2. The number of carbonyl (C=O) groups is 1. The molecular weight excluding hydrogens is 342 g/mol. The number of likely N-dealkylation sites (tertiary alicyclic amines) is 1. The fourth-order valence-electron chi connectivity index (χ4n) is 3.68. The van der Waals surface area contributed by atoms with E-state index in [1.54, 1.807) is 0 Å². The Morgan fingerprint density at radius 2 is 2.19 bits per heavy atom. The summed E-state index contributed by atoms with van der Waals surface area (Å²) >= 11 is 0. The molecule has 3 aromatic rings. The maximum Gasteiger partial charge on any atom is 0.317 e. The molecule has 1 unspecified atom stereocenters. The summed E-state index contributed by atoms with van der Waals surface area (Å²) < 4.78 is 2.07. The van der Waals surface area contributed by atoms with Gasteiger partial charge in [0.1, 0.15) is 11.6 Å². The van der Waals surface area contributed by atoms with Crippen molar-refractivity contribution in [2.45, 2.75) is 39.2 Å². The minimum atomic E-state index is -0.0377. The molecular formula is C19H25N7O. The number of hydrogen-bond acceptors (Lipinski definition) is 4. The molecule has 27 heavy (non-hydrogen) atoms. The predicted molar refractivity (Wildman–Crippen MR) is 102 cm³/mol. The summed E-state index contributed by atoms with van der Waals surface area (Å²) in [5.41, 5.74) is 3.11. The Morgan fingerprint density at radius 1 is 1.33 bits per heavy atom. The Balaban J connectivity index is 1.38. The second-order valence-corrected chi connectivity index (χ2v) is 7.26. The van der Waals surface area contributed by atoms with E-state index in [1.807, 2.05) is 37.9 Å². The molecule has 8 nitrogen and oxygen atoms in total. The van der Waals surface area contributed by atoms with E-state index < -0.39 is 0 Å². The number of nitrogens with zero attached hydrogens (tertiary/aromatic N) is 5. The maximum absolute atomic E-state index is 12.6. The molecule has 1 aromatic carbocycles. The first-order valence-corrected chi connectivity index (χ1v) is 9.35. The minimum absolute atomic E-state index is 0.0377. The monoisotopic (exact) mass is 367 g/mol. The third-order valence-electron chi connectivity index (χ3n) is 5.30. The summed E-state index contributed by atoms with van der Waals surface area (Å²) in [6.45, 7) is 5.80. The van der Waals surface area contributed by atoms with E-state index in [0.717, 1.165) is 53.5 Å². The zero-order valence-electron chi connectivity index (χ0n) is 16.0. The Kier molecular flexibility index (Phi) is 4.55. The van der Waals surface area contributed by atoms with Gasteiger partial charge in [-0.3, -0.25) is 5.10 Å². The largest absolute Gasteiger partial charge is 0.334 e. The minimum Gasteiger partial charge on any atom is -0.334 e. The predicted octanol–water partition coefficient (Wildman–Crippen LogP) is 2.40. The first-order valence-electron chi connectivity index (χ1n) is 9.35. The smallest absolute Gasteiger partial charge is 0.317 e. The Morgan fingerprint density at radius 3 is 2.96 bits per heavy atom. The number of carbonyl (C=O) groups excluding carboxylic acids is 1. The van der Waals surface area contributed by atoms with Crippen molar-refractivity contribution in [2.24, 2.45) is 7.05 Å². The van der Waals surface area contributed by atoms with Crippen LogP contribution in [0.2, 0.25) is 0 Å². The van der Waals surface area contributed by atoms with Crippen LogP contribution in [0.25, 0.3) is 11.0 Å². The number of piperidine rings is 1. The van der Waals surface area contributed by atoms with Gasteiger partial charge < -0.3 is 14.8 Å². The average Bonchev–Trinajstić information content (AvgIpc) is 3.23. The van der Waals surface area contributed by atoms with Crippen LogP contribution in [0.1, 0.15) is 41.8 Å². The summed E-state index contributed by atoms with van der Waals surface area (Å²) in [5.74, 6) is 2.79. The SMILES string of the molecule is Cc1nc(C2CCCN(C(=O)NCc3ccc4c(c3)nc(C)n4C)C2)n[nH]1. The summed E-state index contributed by atoms with van der Waals surface area (Å²) in [6.07, 6.45) is 1.97. The van der Waals surface area contributed by atoms with E-state index in [-0.39, 0.29) is 11.9 Å². The van der Waals surface area contributed by atoms with Gasteiger partial charge in [0.05, 0.1) is 11.0 Å². The van der Waals surface area contributed by atoms with Crippen molar-refractivity contribution in [3.63, 3.8) is 0 Å². The van der Waals surface area contributed by atoms with Crippen molar-refractivity contribution in [1.82, 2.24) is 34.9 Å². The standard InChI is InChI=1S/C19H25N7O/c1-12-21-18(24-23-12)15-5-4-8-26(11-15)19(27)20-10-14-6-7-17-16(9-14)22-13(2)25(17)3/h6-7,9,15H,4-5,8,10-11H2,1-3H3,(H,20,27)(H,21,23,24). The molecule has 0 saturated carbocycles. The van der Waals surface area contributed by atoms with Crippen LogP contribution >= 0.6 is 0 Å². The van der Waals surface area contributed by atoms with Crippen LogP contribution in [0.5, 0.6) is 0 Å². The maximum atomic E-state index is 12.6. The number of hydrogen-bond donors (Lipinski definition) is 2. The number of aromatic nitrogens is 5. The quantitative estimate of drug-likeness (QED) is 0.743. The van der Waals surface area contributed by atoms with E-state index in [2.05, 4.69) is 36.1 Å². The Hall–Kier alpha value is -2.90. The van der Waals surface area contributed by atoms with Gasteiger partial charge in [0.15, 0.2) is 5.82 Å². The van der Waals surface area contributed by atoms with Crippen molar-refractivity contribution >= 4 is 17.1 Å². The molecule has 2 aromatic heterocycles. The van der Waals surface area contributed by atoms with Crippen molar-refractivity contribution in [3.8, 4) is 0 Å². The van der Waals surface area contributed by atoms with E-state index in [0.29, 0.717) is 13.1 Å². The van der Waals surface area contributed by atoms with Gasteiger partial charge in [0.25, 0.3) is 0 Å². The van der Waals surface area contributed by atoms with Crippen LogP contribution < -0.4 is 5.32 Å². The first-order chi connectivity index (χ1) is 13.0. The van der Waals surface area contributed by atoms with Gasteiger partial charge in [0, 0.05) is 32.6 Å². The molecule has 0 aliphatic carbocycles. The highest BCUT2D eigenvalue weighted by Crippen LogP contribution is 2.24. The van der Waals surface area contributed by atoms with E-state index >= 15 is 0 Å². The number of nitrogens with one attached hydrogen (secondary N) is 2. The zero-order chi connectivity index (χ0) is 19.0. The molecule has 0 radical (unpaired) electrons. The fourth-order valence-corrected chi connectivity index (χ4v) is 3.68. The summed E-state index contributed by atoms with van der Waals surface area (Å²) in [7, 11) is 2.01. The highest BCUT2D eigenvalue weighted by Gasteiger charge is 2.27. The normalized spacial score (nSPS) is 17.4. The van der Waals surface area contributed by atoms with Gasteiger partial charge >= 0.3 is 6.03 Å². The van der Waals surface area contributed by atoms with Crippen molar-refractivity contribution in [3.05, 3.63) is 41.2 Å². The first kappa shape index (κ1) is 17.5. The van der Waals surface area contributed by atoms with Crippen LogP contribution in [0.4, 0.5) is 4.79 Å². The number of H-pyrrole nitrogens is 1. The number of rotatable bonds is 3. The van der Waals surface area contributed by atoms with E-state index in [9.17, 15) is 4.79 Å². The summed E-state index contributed by atoms with van der Waals surface area (Å²) in [6, 6.07) is 6.10. The number of fused-ring (bicyclic) bond motifs is 1. The van der Waals surface area contributed by atoms with Crippen molar-refractivity contribution in [1.29, 1.82) is 0 Å². The molecule has 4 rings (SSSR count). The molecule has 3 heterocycles. The Labute approximate surface area is 158 Å². The lowest BCUT2D eigenvalue weighted by molar-refractivity contribution is 0.178.